The number of hydrogen-bond donors (Lipinski definition) is 2. The molecule has 0 saturated heterocycles. The fourth-order valence-electron chi connectivity index (χ4n) is 3.25. The van der Waals surface area contributed by atoms with Crippen molar-refractivity contribution < 1.29 is 4.79 Å². The van der Waals surface area contributed by atoms with E-state index in [0.717, 1.165) is 22.5 Å². The van der Waals surface area contributed by atoms with Crippen LogP contribution in [0.15, 0.2) is 78.0 Å². The predicted molar refractivity (Wildman–Crippen MR) is 134 cm³/mol. The molecule has 4 aromatic rings. The van der Waals surface area contributed by atoms with Crippen LogP contribution < -0.4 is 5.32 Å². The average Bonchev–Trinajstić information content (AvgIpc) is 3.20. The Balaban J connectivity index is 1.60. The van der Waals surface area contributed by atoms with E-state index in [4.69, 9.17) is 16.6 Å². The first-order chi connectivity index (χ1) is 15.4. The topological polar surface area (TPSA) is 57.8 Å². The van der Waals surface area contributed by atoms with E-state index in [1.165, 1.54) is 22.9 Å². The van der Waals surface area contributed by atoms with E-state index in [9.17, 15) is 4.79 Å². The monoisotopic (exact) mass is 461 g/mol. The lowest BCUT2D eigenvalue weighted by Gasteiger charge is -2.10. The Morgan fingerprint density at radius 3 is 2.06 bits per heavy atom. The van der Waals surface area contributed by atoms with Gasteiger partial charge < -0.3 is 10.3 Å². The van der Waals surface area contributed by atoms with Gasteiger partial charge in [0.15, 0.2) is 5.16 Å². The quantitative estimate of drug-likeness (QED) is 0.300. The van der Waals surface area contributed by atoms with Crippen LogP contribution in [0.5, 0.6) is 0 Å². The summed E-state index contributed by atoms with van der Waals surface area (Å²) in [6, 6.07) is 23.8. The fourth-order valence-corrected chi connectivity index (χ4v) is 4.19. The molecule has 0 saturated carbocycles. The molecule has 3 aromatic carbocycles. The molecule has 0 aliphatic rings. The van der Waals surface area contributed by atoms with Gasteiger partial charge in [0.25, 0.3) is 0 Å². The number of aromatic nitrogens is 2. The molecular weight excluding hydrogens is 438 g/mol. The molecule has 6 heteroatoms. The van der Waals surface area contributed by atoms with Gasteiger partial charge in [-0.3, -0.25) is 4.79 Å². The van der Waals surface area contributed by atoms with Crippen LogP contribution in [0.1, 0.15) is 18.1 Å². The number of rotatable bonds is 6. The van der Waals surface area contributed by atoms with Crippen LogP contribution in [0.25, 0.3) is 22.5 Å². The largest absolute Gasteiger partial charge is 0.332 e. The Bertz CT molecular complexity index is 1150. The molecule has 4 rings (SSSR count). The molecule has 1 aromatic heterocycles. The van der Waals surface area contributed by atoms with Crippen molar-refractivity contribution >= 4 is 35.0 Å². The zero-order chi connectivity index (χ0) is 22.7. The number of nitrogens with zero attached hydrogens (tertiary/aromatic N) is 1. The van der Waals surface area contributed by atoms with Crippen LogP contribution in [0.4, 0.5) is 5.69 Å². The Labute approximate surface area is 197 Å². The number of hydrogen-bond acceptors (Lipinski definition) is 3. The minimum absolute atomic E-state index is 0.0949. The van der Waals surface area contributed by atoms with E-state index >= 15 is 0 Å². The van der Waals surface area contributed by atoms with Crippen LogP contribution in [-0.2, 0) is 4.79 Å². The smallest absolute Gasteiger partial charge is 0.237 e. The first kappa shape index (κ1) is 22.2. The van der Waals surface area contributed by atoms with Gasteiger partial charge in [0.1, 0.15) is 0 Å². The fraction of sp³-hybridized carbons (Fsp3) is 0.154. The number of nitrogens with one attached hydrogen (secondary N) is 2. The molecule has 0 aliphatic heterocycles. The van der Waals surface area contributed by atoms with Crippen LogP contribution in [-0.4, -0.2) is 21.1 Å². The van der Waals surface area contributed by atoms with Crippen molar-refractivity contribution in [2.45, 2.75) is 31.2 Å². The number of H-pyrrole nitrogens is 1. The lowest BCUT2D eigenvalue weighted by Crippen LogP contribution is -2.22. The third-order valence-corrected chi connectivity index (χ3v) is 6.35. The van der Waals surface area contributed by atoms with Crippen molar-refractivity contribution in [3.05, 3.63) is 88.9 Å². The average molecular weight is 462 g/mol. The Kier molecular flexibility index (Phi) is 6.68. The summed E-state index contributed by atoms with van der Waals surface area (Å²) in [5, 5.41) is 3.92. The molecule has 1 unspecified atom stereocenters. The second-order valence-corrected chi connectivity index (χ2v) is 9.52. The Morgan fingerprint density at radius 1 is 0.906 bits per heavy atom. The summed E-state index contributed by atoms with van der Waals surface area (Å²) in [6.45, 7) is 6.01. The van der Waals surface area contributed by atoms with Gasteiger partial charge in [-0.15, -0.1) is 0 Å². The number of thioether (sulfide) groups is 1. The van der Waals surface area contributed by atoms with Gasteiger partial charge in [0.05, 0.1) is 16.6 Å². The molecule has 0 spiro atoms. The number of halogens is 1. The normalized spacial score (nSPS) is 11.9. The highest BCUT2D eigenvalue weighted by molar-refractivity contribution is 8.00. The van der Waals surface area contributed by atoms with E-state index in [1.54, 1.807) is 24.3 Å². The highest BCUT2D eigenvalue weighted by Crippen LogP contribution is 2.34. The van der Waals surface area contributed by atoms with Crippen molar-refractivity contribution in [3.63, 3.8) is 0 Å². The highest BCUT2D eigenvalue weighted by Gasteiger charge is 2.20. The summed E-state index contributed by atoms with van der Waals surface area (Å²) < 4.78 is 0. The number of benzene rings is 3. The van der Waals surface area contributed by atoms with Gasteiger partial charge in [-0.05, 0) is 45.0 Å². The molecule has 2 N–H and O–H groups in total. The number of anilines is 1. The molecule has 0 bridgehead atoms. The minimum atomic E-state index is -0.339. The van der Waals surface area contributed by atoms with Crippen molar-refractivity contribution in [2.75, 3.05) is 5.32 Å². The predicted octanol–water partition coefficient (Wildman–Crippen LogP) is 7.13. The second kappa shape index (κ2) is 9.63. The zero-order valence-corrected chi connectivity index (χ0v) is 19.7. The second-order valence-electron chi connectivity index (χ2n) is 7.75. The lowest BCUT2D eigenvalue weighted by atomic mass is 10.0. The maximum absolute atomic E-state index is 12.7. The number of aryl methyl sites for hydroxylation is 2. The third kappa shape index (κ3) is 5.23. The Morgan fingerprint density at radius 2 is 1.47 bits per heavy atom. The van der Waals surface area contributed by atoms with Crippen LogP contribution in [0, 0.1) is 13.8 Å². The number of carbonyl (C=O) groups is 1. The summed E-state index contributed by atoms with van der Waals surface area (Å²) in [5.41, 5.74) is 7.03. The highest BCUT2D eigenvalue weighted by atomic mass is 35.5. The van der Waals surface area contributed by atoms with Gasteiger partial charge in [-0.1, -0.05) is 83.0 Å². The van der Waals surface area contributed by atoms with E-state index in [1.807, 2.05) is 6.92 Å². The van der Waals surface area contributed by atoms with E-state index in [-0.39, 0.29) is 11.2 Å². The van der Waals surface area contributed by atoms with Crippen LogP contribution >= 0.6 is 23.4 Å². The number of imidazole rings is 1. The molecule has 1 atom stereocenters. The number of amides is 1. The molecule has 0 fully saturated rings. The molecule has 1 heterocycles. The SMILES string of the molecule is Cc1ccc(-c2nc(SC(C)C(=O)Nc3ccc(Cl)cc3)[nH]c2-c2ccc(C)cc2)cc1. The van der Waals surface area contributed by atoms with Crippen LogP contribution in [0.2, 0.25) is 5.02 Å². The summed E-state index contributed by atoms with van der Waals surface area (Å²) in [4.78, 5) is 21.0. The van der Waals surface area contributed by atoms with E-state index < -0.39 is 0 Å². The first-order valence-corrected chi connectivity index (χ1v) is 11.6. The van der Waals surface area contributed by atoms with Crippen LogP contribution in [0.3, 0.4) is 0 Å². The van der Waals surface area contributed by atoms with Crippen molar-refractivity contribution in [3.8, 4) is 22.5 Å². The summed E-state index contributed by atoms with van der Waals surface area (Å²) >= 11 is 7.32. The Hall–Kier alpha value is -3.02. The summed E-state index contributed by atoms with van der Waals surface area (Å²) in [7, 11) is 0. The lowest BCUT2D eigenvalue weighted by molar-refractivity contribution is -0.115. The van der Waals surface area contributed by atoms with Crippen molar-refractivity contribution in [2.24, 2.45) is 0 Å². The standard InChI is InChI=1S/C26H24ClN3OS/c1-16-4-8-19(9-5-16)23-24(20-10-6-17(2)7-11-20)30-26(29-23)32-18(3)25(31)28-22-14-12-21(27)13-15-22/h4-15,18H,1-3H3,(H,28,31)(H,29,30). The van der Waals surface area contributed by atoms with E-state index in [0.29, 0.717) is 15.9 Å². The minimum Gasteiger partial charge on any atom is -0.332 e. The first-order valence-electron chi connectivity index (χ1n) is 10.4. The van der Waals surface area contributed by atoms with Crippen molar-refractivity contribution in [1.29, 1.82) is 0 Å². The molecule has 162 valence electrons. The molecule has 0 aliphatic carbocycles. The number of aromatic amines is 1. The molecule has 1 amide bonds. The number of carbonyl (C=O) groups excluding carboxylic acids is 1. The maximum Gasteiger partial charge on any atom is 0.237 e. The van der Waals surface area contributed by atoms with Gasteiger partial charge >= 0.3 is 0 Å². The summed E-state index contributed by atoms with van der Waals surface area (Å²) in [5.74, 6) is -0.0949. The molecular formula is C26H24ClN3OS. The van der Waals surface area contributed by atoms with Gasteiger partial charge in [-0.25, -0.2) is 4.98 Å². The van der Waals surface area contributed by atoms with Gasteiger partial charge in [0, 0.05) is 21.8 Å². The zero-order valence-electron chi connectivity index (χ0n) is 18.1. The van der Waals surface area contributed by atoms with Crippen molar-refractivity contribution in [1.82, 2.24) is 9.97 Å². The summed E-state index contributed by atoms with van der Waals surface area (Å²) in [6.07, 6.45) is 0. The van der Waals surface area contributed by atoms with Gasteiger partial charge in [-0.2, -0.15) is 0 Å². The maximum atomic E-state index is 12.7. The molecule has 32 heavy (non-hydrogen) atoms. The molecule has 4 nitrogen and oxygen atoms in total. The van der Waals surface area contributed by atoms with E-state index in [2.05, 4.69) is 72.7 Å². The van der Waals surface area contributed by atoms with Gasteiger partial charge in [0.2, 0.25) is 5.91 Å². The third-order valence-electron chi connectivity index (χ3n) is 5.12. The molecule has 0 radical (unpaired) electrons.